The molecule has 1 fully saturated rings. The van der Waals surface area contributed by atoms with E-state index in [0.29, 0.717) is 39.3 Å². The molecule has 6 heteroatoms. The molecule has 5 nitrogen and oxygen atoms in total. The van der Waals surface area contributed by atoms with E-state index < -0.39 is 0 Å². The summed E-state index contributed by atoms with van der Waals surface area (Å²) in [6.45, 7) is 8.56. The zero-order valence-electron chi connectivity index (χ0n) is 14.7. The summed E-state index contributed by atoms with van der Waals surface area (Å²) in [5.74, 6) is -0.235. The van der Waals surface area contributed by atoms with Gasteiger partial charge in [-0.2, -0.15) is 0 Å². The number of carbonyl (C=O) groups excluding carboxylic acids is 1. The van der Waals surface area contributed by atoms with Crippen molar-refractivity contribution in [1.82, 2.24) is 10.2 Å². The quantitative estimate of drug-likeness (QED) is 0.867. The highest BCUT2D eigenvalue weighted by molar-refractivity contribution is 5.74. The number of halogens is 1. The Balaban J connectivity index is 1.84. The number of benzene rings is 1. The first-order chi connectivity index (χ1) is 11.5. The van der Waals surface area contributed by atoms with Gasteiger partial charge in [0.2, 0.25) is 0 Å². The summed E-state index contributed by atoms with van der Waals surface area (Å²) < 4.78 is 24.1. The maximum atomic E-state index is 13.2. The molecule has 2 amide bonds. The van der Waals surface area contributed by atoms with E-state index in [1.165, 1.54) is 12.1 Å². The van der Waals surface area contributed by atoms with Gasteiger partial charge in [-0.25, -0.2) is 9.18 Å². The Morgan fingerprint density at radius 1 is 1.54 bits per heavy atom. The van der Waals surface area contributed by atoms with Crippen LogP contribution in [0.3, 0.4) is 0 Å². The minimum absolute atomic E-state index is 0.0325. The molecule has 1 aliphatic rings. The van der Waals surface area contributed by atoms with Gasteiger partial charge in [0.15, 0.2) is 0 Å². The predicted octanol–water partition coefficient (Wildman–Crippen LogP) is 2.51. The van der Waals surface area contributed by atoms with Gasteiger partial charge in [-0.15, -0.1) is 0 Å². The molecule has 2 atom stereocenters. The SMILES string of the molecule is CCOCC1CN(C(=O)NC(C)Cc2ccc(F)cc2C)CCO1. The Labute approximate surface area is 143 Å². The molecule has 1 aromatic rings. The van der Waals surface area contributed by atoms with E-state index in [-0.39, 0.29) is 24.0 Å². The van der Waals surface area contributed by atoms with Crippen molar-refractivity contribution in [2.24, 2.45) is 0 Å². The lowest BCUT2D eigenvalue weighted by Gasteiger charge is -2.33. The van der Waals surface area contributed by atoms with E-state index >= 15 is 0 Å². The maximum absolute atomic E-state index is 13.2. The molecule has 0 radical (unpaired) electrons. The van der Waals surface area contributed by atoms with Crippen LogP contribution in [0.2, 0.25) is 0 Å². The van der Waals surface area contributed by atoms with E-state index in [2.05, 4.69) is 5.32 Å². The highest BCUT2D eigenvalue weighted by Gasteiger charge is 2.25. The lowest BCUT2D eigenvalue weighted by molar-refractivity contribution is -0.0568. The molecule has 1 saturated heterocycles. The zero-order chi connectivity index (χ0) is 17.5. The molecule has 0 aliphatic carbocycles. The molecule has 2 unspecified atom stereocenters. The molecule has 24 heavy (non-hydrogen) atoms. The van der Waals surface area contributed by atoms with Crippen LogP contribution in [-0.2, 0) is 15.9 Å². The Kier molecular flexibility index (Phi) is 6.99. The van der Waals surface area contributed by atoms with E-state index in [1.807, 2.05) is 20.8 Å². The number of ether oxygens (including phenoxy) is 2. The minimum Gasteiger partial charge on any atom is -0.379 e. The number of hydrogen-bond donors (Lipinski definition) is 1. The fourth-order valence-corrected chi connectivity index (χ4v) is 2.83. The molecule has 1 aliphatic heterocycles. The number of nitrogens with one attached hydrogen (secondary N) is 1. The summed E-state index contributed by atoms with van der Waals surface area (Å²) >= 11 is 0. The molecule has 1 heterocycles. The lowest BCUT2D eigenvalue weighted by Crippen LogP contribution is -2.52. The van der Waals surface area contributed by atoms with Crippen molar-refractivity contribution in [2.75, 3.05) is 32.9 Å². The van der Waals surface area contributed by atoms with E-state index in [9.17, 15) is 9.18 Å². The first kappa shape index (κ1) is 18.7. The van der Waals surface area contributed by atoms with E-state index in [1.54, 1.807) is 11.0 Å². The summed E-state index contributed by atoms with van der Waals surface area (Å²) in [7, 11) is 0. The molecular formula is C18H27FN2O3. The molecule has 0 bridgehead atoms. The van der Waals surface area contributed by atoms with Crippen LogP contribution in [0.25, 0.3) is 0 Å². The number of nitrogens with zero attached hydrogens (tertiary/aromatic N) is 1. The molecule has 0 saturated carbocycles. The highest BCUT2D eigenvalue weighted by Crippen LogP contribution is 2.13. The third kappa shape index (κ3) is 5.46. The van der Waals surface area contributed by atoms with Gasteiger partial charge in [-0.3, -0.25) is 0 Å². The number of rotatable bonds is 6. The summed E-state index contributed by atoms with van der Waals surface area (Å²) in [4.78, 5) is 14.2. The summed E-state index contributed by atoms with van der Waals surface area (Å²) in [6, 6.07) is 4.63. The van der Waals surface area contributed by atoms with Crippen LogP contribution >= 0.6 is 0 Å². The largest absolute Gasteiger partial charge is 0.379 e. The normalized spacial score (nSPS) is 19.2. The van der Waals surface area contributed by atoms with Crippen molar-refractivity contribution in [3.8, 4) is 0 Å². The second-order valence-electron chi connectivity index (χ2n) is 6.22. The van der Waals surface area contributed by atoms with Gasteiger partial charge in [-0.1, -0.05) is 6.07 Å². The van der Waals surface area contributed by atoms with Gasteiger partial charge >= 0.3 is 6.03 Å². The number of morpholine rings is 1. The van der Waals surface area contributed by atoms with Crippen LogP contribution in [-0.4, -0.2) is 56.0 Å². The molecule has 1 N–H and O–H groups in total. The molecule has 2 rings (SSSR count). The smallest absolute Gasteiger partial charge is 0.317 e. The Morgan fingerprint density at radius 3 is 3.04 bits per heavy atom. The average Bonchev–Trinajstić information content (AvgIpc) is 2.55. The third-order valence-corrected chi connectivity index (χ3v) is 4.13. The predicted molar refractivity (Wildman–Crippen MR) is 90.6 cm³/mol. The monoisotopic (exact) mass is 338 g/mol. The first-order valence-corrected chi connectivity index (χ1v) is 8.49. The fraction of sp³-hybridized carbons (Fsp3) is 0.611. The molecule has 0 aromatic heterocycles. The van der Waals surface area contributed by atoms with Crippen molar-refractivity contribution >= 4 is 6.03 Å². The average molecular weight is 338 g/mol. The minimum atomic E-state index is -0.235. The molecular weight excluding hydrogens is 311 g/mol. The number of amides is 2. The van der Waals surface area contributed by atoms with E-state index in [4.69, 9.17) is 9.47 Å². The van der Waals surface area contributed by atoms with Crippen LogP contribution in [0.4, 0.5) is 9.18 Å². The van der Waals surface area contributed by atoms with Crippen molar-refractivity contribution < 1.29 is 18.7 Å². The van der Waals surface area contributed by atoms with Crippen LogP contribution in [0.5, 0.6) is 0 Å². The third-order valence-electron chi connectivity index (χ3n) is 4.13. The highest BCUT2D eigenvalue weighted by atomic mass is 19.1. The second-order valence-corrected chi connectivity index (χ2v) is 6.22. The Hall–Kier alpha value is -1.66. The topological polar surface area (TPSA) is 50.8 Å². The van der Waals surface area contributed by atoms with Crippen LogP contribution in [0.1, 0.15) is 25.0 Å². The van der Waals surface area contributed by atoms with Crippen LogP contribution < -0.4 is 5.32 Å². The van der Waals surface area contributed by atoms with Crippen molar-refractivity contribution in [3.63, 3.8) is 0 Å². The Bertz CT molecular complexity index is 553. The molecule has 1 aromatic carbocycles. The lowest BCUT2D eigenvalue weighted by atomic mass is 10.0. The van der Waals surface area contributed by atoms with Crippen molar-refractivity contribution in [2.45, 2.75) is 39.3 Å². The van der Waals surface area contributed by atoms with Crippen molar-refractivity contribution in [3.05, 3.63) is 35.1 Å². The number of urea groups is 1. The number of carbonyl (C=O) groups is 1. The van der Waals surface area contributed by atoms with Crippen LogP contribution in [0, 0.1) is 12.7 Å². The van der Waals surface area contributed by atoms with Gasteiger partial charge in [0.1, 0.15) is 5.82 Å². The first-order valence-electron chi connectivity index (χ1n) is 8.49. The molecule has 0 spiro atoms. The Morgan fingerprint density at radius 2 is 2.33 bits per heavy atom. The maximum Gasteiger partial charge on any atom is 0.317 e. The van der Waals surface area contributed by atoms with Gasteiger partial charge in [-0.05, 0) is 50.5 Å². The van der Waals surface area contributed by atoms with Gasteiger partial charge in [0.25, 0.3) is 0 Å². The standard InChI is InChI=1S/C18H27FN2O3/c1-4-23-12-17-11-21(7-8-24-17)18(22)20-14(3)10-15-5-6-16(19)9-13(15)2/h5-6,9,14,17H,4,7-8,10-12H2,1-3H3,(H,20,22). The molecule has 134 valence electrons. The number of hydrogen-bond acceptors (Lipinski definition) is 3. The van der Waals surface area contributed by atoms with Crippen LogP contribution in [0.15, 0.2) is 18.2 Å². The zero-order valence-corrected chi connectivity index (χ0v) is 14.7. The van der Waals surface area contributed by atoms with E-state index in [0.717, 1.165) is 11.1 Å². The second kappa shape index (κ2) is 8.99. The van der Waals surface area contributed by atoms with Crippen molar-refractivity contribution in [1.29, 1.82) is 0 Å². The summed E-state index contributed by atoms with van der Waals surface area (Å²) in [5.41, 5.74) is 1.94. The fourth-order valence-electron chi connectivity index (χ4n) is 2.83. The van der Waals surface area contributed by atoms with Gasteiger partial charge < -0.3 is 19.7 Å². The number of aryl methyl sites for hydroxylation is 1. The van der Waals surface area contributed by atoms with Gasteiger partial charge in [0.05, 0.1) is 25.9 Å². The summed E-state index contributed by atoms with van der Waals surface area (Å²) in [6.07, 6.45) is 0.601. The van der Waals surface area contributed by atoms with Gasteiger partial charge in [0, 0.05) is 19.2 Å². The summed E-state index contributed by atoms with van der Waals surface area (Å²) in [5, 5.41) is 3.01.